The van der Waals surface area contributed by atoms with E-state index in [2.05, 4.69) is 10.1 Å². The van der Waals surface area contributed by atoms with Crippen LogP contribution in [0.4, 0.5) is 5.82 Å². The van der Waals surface area contributed by atoms with Gasteiger partial charge in [-0.05, 0) is 19.1 Å². The summed E-state index contributed by atoms with van der Waals surface area (Å²) < 4.78 is 1.59. The zero-order valence-corrected chi connectivity index (χ0v) is 11.1. The highest BCUT2D eigenvalue weighted by Gasteiger charge is 2.17. The van der Waals surface area contributed by atoms with Crippen molar-refractivity contribution in [3.05, 3.63) is 53.9 Å². The van der Waals surface area contributed by atoms with Crippen LogP contribution >= 0.6 is 0 Å². The molecule has 0 aliphatic rings. The largest absolute Gasteiger partial charge is 0.383 e. The van der Waals surface area contributed by atoms with Crippen molar-refractivity contribution < 1.29 is 4.79 Å². The number of hydrogen-bond acceptors (Lipinski definition) is 4. The molecule has 2 aromatic heterocycles. The molecular formula is C15H14N4O. The van der Waals surface area contributed by atoms with E-state index in [1.54, 1.807) is 10.7 Å². The normalized spacial score (nSPS) is 10.8. The smallest absolute Gasteiger partial charge is 0.216 e. The van der Waals surface area contributed by atoms with Crippen molar-refractivity contribution in [2.75, 3.05) is 5.73 Å². The highest BCUT2D eigenvalue weighted by molar-refractivity contribution is 6.11. The van der Waals surface area contributed by atoms with Crippen LogP contribution in [0.25, 0.3) is 10.9 Å². The summed E-state index contributed by atoms with van der Waals surface area (Å²) >= 11 is 0. The Kier molecular flexibility index (Phi) is 2.95. The Morgan fingerprint density at radius 3 is 2.80 bits per heavy atom. The molecule has 0 fully saturated rings. The molecule has 2 heterocycles. The number of aromatic nitrogens is 3. The number of ketones is 1. The average Bonchev–Trinajstić information content (AvgIpc) is 2.87. The van der Waals surface area contributed by atoms with Crippen LogP contribution in [0.15, 0.2) is 42.6 Å². The molecule has 0 bridgehead atoms. The van der Waals surface area contributed by atoms with Gasteiger partial charge in [0.15, 0.2) is 0 Å². The SMILES string of the molecule is CCn1ncc(C(=O)c2ccc3ccccc3n2)c1N. The number of nitrogens with zero attached hydrogens (tertiary/aromatic N) is 3. The van der Waals surface area contributed by atoms with Crippen molar-refractivity contribution in [1.82, 2.24) is 14.8 Å². The van der Waals surface area contributed by atoms with Crippen LogP contribution in [0.1, 0.15) is 23.0 Å². The second-order valence-electron chi connectivity index (χ2n) is 4.48. The third kappa shape index (κ3) is 1.93. The Morgan fingerprint density at radius 2 is 2.05 bits per heavy atom. The lowest BCUT2D eigenvalue weighted by atomic mass is 10.1. The Bertz CT molecular complexity index is 791. The van der Waals surface area contributed by atoms with Crippen LogP contribution in [0.2, 0.25) is 0 Å². The first-order chi connectivity index (χ1) is 9.70. The quantitative estimate of drug-likeness (QED) is 0.738. The third-order valence-corrected chi connectivity index (χ3v) is 3.26. The van der Waals surface area contributed by atoms with Gasteiger partial charge in [-0.3, -0.25) is 4.79 Å². The summed E-state index contributed by atoms with van der Waals surface area (Å²) in [5.74, 6) is 0.181. The Morgan fingerprint density at radius 1 is 1.25 bits per heavy atom. The molecule has 5 heteroatoms. The van der Waals surface area contributed by atoms with Gasteiger partial charge < -0.3 is 5.73 Å². The summed E-state index contributed by atoms with van der Waals surface area (Å²) in [4.78, 5) is 16.8. The predicted molar refractivity (Wildman–Crippen MR) is 77.5 cm³/mol. The van der Waals surface area contributed by atoms with E-state index >= 15 is 0 Å². The van der Waals surface area contributed by atoms with Gasteiger partial charge in [-0.2, -0.15) is 5.10 Å². The highest BCUT2D eigenvalue weighted by atomic mass is 16.1. The minimum Gasteiger partial charge on any atom is -0.383 e. The summed E-state index contributed by atoms with van der Waals surface area (Å²) in [6.07, 6.45) is 1.50. The van der Waals surface area contributed by atoms with Gasteiger partial charge in [0.2, 0.25) is 5.78 Å². The van der Waals surface area contributed by atoms with E-state index in [0.717, 1.165) is 10.9 Å². The molecule has 3 aromatic rings. The first kappa shape index (κ1) is 12.3. The summed E-state index contributed by atoms with van der Waals surface area (Å²) in [6, 6.07) is 11.3. The number of pyridine rings is 1. The number of hydrogen-bond donors (Lipinski definition) is 1. The van der Waals surface area contributed by atoms with Crippen molar-refractivity contribution in [2.45, 2.75) is 13.5 Å². The fourth-order valence-corrected chi connectivity index (χ4v) is 2.15. The van der Waals surface area contributed by atoms with E-state index < -0.39 is 0 Å². The first-order valence-corrected chi connectivity index (χ1v) is 6.42. The molecule has 0 atom stereocenters. The maximum atomic E-state index is 12.4. The van der Waals surface area contributed by atoms with Gasteiger partial charge >= 0.3 is 0 Å². The number of nitrogens with two attached hydrogens (primary N) is 1. The molecule has 100 valence electrons. The number of benzene rings is 1. The van der Waals surface area contributed by atoms with Crippen LogP contribution in [-0.2, 0) is 6.54 Å². The standard InChI is InChI=1S/C15H14N4O/c1-2-19-15(16)11(9-17-19)14(20)13-8-7-10-5-3-4-6-12(10)18-13/h3-9H,2,16H2,1H3. The molecule has 0 saturated carbocycles. The predicted octanol–water partition coefficient (Wildman–Crippen LogP) is 2.26. The summed E-state index contributed by atoms with van der Waals surface area (Å²) in [5, 5.41) is 5.09. The van der Waals surface area contributed by atoms with Gasteiger partial charge in [0.1, 0.15) is 11.5 Å². The molecule has 2 N–H and O–H groups in total. The molecule has 0 amide bonds. The second-order valence-corrected chi connectivity index (χ2v) is 4.48. The van der Waals surface area contributed by atoms with Crippen molar-refractivity contribution in [2.24, 2.45) is 0 Å². The summed E-state index contributed by atoms with van der Waals surface area (Å²) in [7, 11) is 0. The van der Waals surface area contributed by atoms with Crippen molar-refractivity contribution in [1.29, 1.82) is 0 Å². The maximum Gasteiger partial charge on any atom is 0.216 e. The number of carbonyl (C=O) groups is 1. The zero-order chi connectivity index (χ0) is 14.1. The van der Waals surface area contributed by atoms with E-state index in [4.69, 9.17) is 5.73 Å². The second kappa shape index (κ2) is 4.77. The van der Waals surface area contributed by atoms with Gasteiger partial charge in [-0.15, -0.1) is 0 Å². The monoisotopic (exact) mass is 266 g/mol. The minimum absolute atomic E-state index is 0.201. The molecule has 0 unspecified atom stereocenters. The number of anilines is 1. The van der Waals surface area contributed by atoms with E-state index in [0.29, 0.717) is 23.6 Å². The van der Waals surface area contributed by atoms with Crippen molar-refractivity contribution in [3.63, 3.8) is 0 Å². The van der Waals surface area contributed by atoms with Gasteiger partial charge in [0, 0.05) is 11.9 Å². The van der Waals surface area contributed by atoms with Crippen molar-refractivity contribution in [3.8, 4) is 0 Å². The summed E-state index contributed by atoms with van der Waals surface area (Å²) in [5.41, 5.74) is 7.49. The van der Waals surface area contributed by atoms with Crippen LogP contribution in [0.3, 0.4) is 0 Å². The lowest BCUT2D eigenvalue weighted by molar-refractivity contribution is 0.103. The van der Waals surface area contributed by atoms with Crippen LogP contribution in [0, 0.1) is 0 Å². The molecule has 5 nitrogen and oxygen atoms in total. The fourth-order valence-electron chi connectivity index (χ4n) is 2.15. The lowest BCUT2D eigenvalue weighted by Gasteiger charge is -2.03. The third-order valence-electron chi connectivity index (χ3n) is 3.26. The molecule has 0 saturated heterocycles. The molecule has 0 spiro atoms. The molecule has 0 aliphatic heterocycles. The zero-order valence-electron chi connectivity index (χ0n) is 11.1. The summed E-state index contributed by atoms with van der Waals surface area (Å²) in [6.45, 7) is 2.55. The fraction of sp³-hybridized carbons (Fsp3) is 0.133. The topological polar surface area (TPSA) is 73.8 Å². The maximum absolute atomic E-state index is 12.4. The molecule has 1 aromatic carbocycles. The molecule has 0 aliphatic carbocycles. The van der Waals surface area contributed by atoms with Crippen molar-refractivity contribution >= 4 is 22.5 Å². The minimum atomic E-state index is -0.201. The molecule has 3 rings (SSSR count). The van der Waals surface area contributed by atoms with Gasteiger partial charge in [0.25, 0.3) is 0 Å². The lowest BCUT2D eigenvalue weighted by Crippen LogP contribution is -2.08. The van der Waals surface area contributed by atoms with E-state index in [1.807, 2.05) is 37.3 Å². The first-order valence-electron chi connectivity index (χ1n) is 6.42. The van der Waals surface area contributed by atoms with Crippen LogP contribution in [0.5, 0.6) is 0 Å². The van der Waals surface area contributed by atoms with Crippen LogP contribution < -0.4 is 5.73 Å². The van der Waals surface area contributed by atoms with Gasteiger partial charge in [-0.25, -0.2) is 9.67 Å². The Hall–Kier alpha value is -2.69. The Balaban J connectivity index is 2.05. The number of para-hydroxylation sites is 1. The number of carbonyl (C=O) groups excluding carboxylic acids is 1. The Labute approximate surface area is 116 Å². The number of fused-ring (bicyclic) bond motifs is 1. The van der Waals surface area contributed by atoms with E-state index in [1.165, 1.54) is 6.20 Å². The molecule has 20 heavy (non-hydrogen) atoms. The van der Waals surface area contributed by atoms with Crippen LogP contribution in [-0.4, -0.2) is 20.5 Å². The van der Waals surface area contributed by atoms with E-state index in [9.17, 15) is 4.79 Å². The molecule has 0 radical (unpaired) electrons. The van der Waals surface area contributed by atoms with Gasteiger partial charge in [-0.1, -0.05) is 24.3 Å². The average molecular weight is 266 g/mol. The number of nitrogen functional groups attached to an aromatic ring is 1. The number of rotatable bonds is 3. The molecular weight excluding hydrogens is 252 g/mol. The van der Waals surface area contributed by atoms with E-state index in [-0.39, 0.29) is 5.78 Å². The number of aryl methyl sites for hydroxylation is 1. The van der Waals surface area contributed by atoms with Gasteiger partial charge in [0.05, 0.1) is 17.3 Å². The highest BCUT2D eigenvalue weighted by Crippen LogP contribution is 2.18.